The van der Waals surface area contributed by atoms with Gasteiger partial charge in [0.1, 0.15) is 4.21 Å². The Kier molecular flexibility index (Phi) is 4.14. The van der Waals surface area contributed by atoms with Crippen molar-refractivity contribution < 1.29 is 13.2 Å². The van der Waals surface area contributed by atoms with Crippen molar-refractivity contribution in [2.45, 2.75) is 42.7 Å². The average Bonchev–Trinajstić information content (AvgIpc) is 3.12. The third-order valence-electron chi connectivity index (χ3n) is 3.58. The van der Waals surface area contributed by atoms with E-state index in [2.05, 4.69) is 5.32 Å². The monoisotopic (exact) mass is 316 g/mol. The van der Waals surface area contributed by atoms with Gasteiger partial charge in [-0.2, -0.15) is 4.31 Å². The van der Waals surface area contributed by atoms with Gasteiger partial charge in [0, 0.05) is 30.6 Å². The Morgan fingerprint density at radius 3 is 2.95 bits per heavy atom. The molecule has 0 bridgehead atoms. The van der Waals surface area contributed by atoms with Gasteiger partial charge in [-0.15, -0.1) is 11.3 Å². The van der Waals surface area contributed by atoms with Crippen molar-refractivity contribution in [3.05, 3.63) is 17.0 Å². The van der Waals surface area contributed by atoms with E-state index in [1.807, 2.05) is 13.0 Å². The van der Waals surface area contributed by atoms with Crippen LogP contribution in [0.3, 0.4) is 0 Å². The number of rotatable bonds is 5. The molecule has 1 atom stereocenters. The molecule has 1 saturated carbocycles. The van der Waals surface area contributed by atoms with E-state index in [0.29, 0.717) is 29.9 Å². The highest BCUT2D eigenvalue weighted by Gasteiger charge is 2.30. The highest BCUT2D eigenvalue weighted by atomic mass is 32.2. The smallest absolute Gasteiger partial charge is 0.252 e. The molecule has 0 amide bonds. The molecule has 1 unspecified atom stereocenters. The van der Waals surface area contributed by atoms with Gasteiger partial charge in [0.05, 0.1) is 12.7 Å². The van der Waals surface area contributed by atoms with Crippen LogP contribution in [-0.2, 0) is 21.3 Å². The topological polar surface area (TPSA) is 58.6 Å². The fourth-order valence-electron chi connectivity index (χ4n) is 2.26. The van der Waals surface area contributed by atoms with Gasteiger partial charge in [0.2, 0.25) is 0 Å². The molecule has 2 aliphatic rings. The highest BCUT2D eigenvalue weighted by molar-refractivity contribution is 7.91. The second-order valence-corrected chi connectivity index (χ2v) is 8.75. The first kappa shape index (κ1) is 14.5. The lowest BCUT2D eigenvalue weighted by atomic mass is 10.3. The Morgan fingerprint density at radius 2 is 2.25 bits per heavy atom. The van der Waals surface area contributed by atoms with Gasteiger partial charge < -0.3 is 10.1 Å². The molecule has 1 aliphatic heterocycles. The molecule has 1 aromatic rings. The molecule has 112 valence electrons. The summed E-state index contributed by atoms with van der Waals surface area (Å²) in [4.78, 5) is 1.08. The largest absolute Gasteiger partial charge is 0.376 e. The Labute approximate surface area is 124 Å². The molecular formula is C13H20N2O3S2. The van der Waals surface area contributed by atoms with E-state index in [0.717, 1.165) is 11.4 Å². The van der Waals surface area contributed by atoms with Crippen LogP contribution in [0.15, 0.2) is 16.3 Å². The number of nitrogens with one attached hydrogen (secondary N) is 1. The quantitative estimate of drug-likeness (QED) is 0.892. The molecular weight excluding hydrogens is 296 g/mol. The molecule has 20 heavy (non-hydrogen) atoms. The summed E-state index contributed by atoms with van der Waals surface area (Å²) in [6.45, 7) is 4.03. The van der Waals surface area contributed by atoms with Gasteiger partial charge in [0.25, 0.3) is 10.0 Å². The lowest BCUT2D eigenvalue weighted by Gasteiger charge is -2.29. The van der Waals surface area contributed by atoms with Crippen LogP contribution in [0.5, 0.6) is 0 Å². The summed E-state index contributed by atoms with van der Waals surface area (Å²) in [5, 5.41) is 3.41. The SMILES string of the molecule is CC1CN(S(=O)(=O)c2ccc(CNC3CC3)s2)CCO1. The van der Waals surface area contributed by atoms with Gasteiger partial charge in [0.15, 0.2) is 0 Å². The maximum absolute atomic E-state index is 12.6. The summed E-state index contributed by atoms with van der Waals surface area (Å²) in [6.07, 6.45) is 2.44. The van der Waals surface area contributed by atoms with E-state index in [-0.39, 0.29) is 6.10 Å². The predicted molar refractivity (Wildman–Crippen MR) is 78.4 cm³/mol. The molecule has 1 N–H and O–H groups in total. The average molecular weight is 316 g/mol. The number of morpholine rings is 1. The fraction of sp³-hybridized carbons (Fsp3) is 0.692. The second kappa shape index (κ2) is 5.73. The zero-order valence-electron chi connectivity index (χ0n) is 11.5. The van der Waals surface area contributed by atoms with Gasteiger partial charge in [-0.25, -0.2) is 8.42 Å². The van der Waals surface area contributed by atoms with Crippen LogP contribution in [0.4, 0.5) is 0 Å². The first-order valence-corrected chi connectivity index (χ1v) is 9.25. The van der Waals surface area contributed by atoms with Crippen LogP contribution in [0.1, 0.15) is 24.6 Å². The third-order valence-corrected chi connectivity index (χ3v) is 7.00. The summed E-state index contributed by atoms with van der Waals surface area (Å²) < 4.78 is 32.5. The van der Waals surface area contributed by atoms with Gasteiger partial charge in [-0.3, -0.25) is 0 Å². The van der Waals surface area contributed by atoms with Gasteiger partial charge >= 0.3 is 0 Å². The van der Waals surface area contributed by atoms with Crippen LogP contribution in [0.25, 0.3) is 0 Å². The molecule has 5 nitrogen and oxygen atoms in total. The van der Waals surface area contributed by atoms with Crippen molar-refractivity contribution in [3.63, 3.8) is 0 Å². The zero-order chi connectivity index (χ0) is 14.2. The third kappa shape index (κ3) is 3.23. The maximum atomic E-state index is 12.6. The van der Waals surface area contributed by atoms with Gasteiger partial charge in [-0.05, 0) is 31.9 Å². The standard InChI is InChI=1S/C13H20N2O3S2/c1-10-9-15(6-7-18-10)20(16,17)13-5-4-12(19-13)8-14-11-2-3-11/h4-5,10-11,14H,2-3,6-9H2,1H3. The minimum atomic E-state index is -3.35. The number of sulfonamides is 1. The lowest BCUT2D eigenvalue weighted by Crippen LogP contribution is -2.44. The lowest BCUT2D eigenvalue weighted by molar-refractivity contribution is 0.0102. The van der Waals surface area contributed by atoms with E-state index in [1.54, 1.807) is 6.07 Å². The molecule has 1 aliphatic carbocycles. The van der Waals surface area contributed by atoms with Crippen molar-refractivity contribution in [2.24, 2.45) is 0 Å². The Bertz CT molecular complexity index is 566. The summed E-state index contributed by atoms with van der Waals surface area (Å²) in [5.74, 6) is 0. The number of nitrogens with zero attached hydrogens (tertiary/aromatic N) is 1. The molecule has 2 heterocycles. The van der Waals surface area contributed by atoms with Crippen molar-refractivity contribution in [3.8, 4) is 0 Å². The second-order valence-electron chi connectivity index (χ2n) is 5.42. The fourth-order valence-corrected chi connectivity index (χ4v) is 5.22. The van der Waals surface area contributed by atoms with E-state index < -0.39 is 10.0 Å². The van der Waals surface area contributed by atoms with Crippen molar-refractivity contribution >= 4 is 21.4 Å². The summed E-state index contributed by atoms with van der Waals surface area (Å²) >= 11 is 1.37. The predicted octanol–water partition coefficient (Wildman–Crippen LogP) is 1.41. The number of hydrogen-bond donors (Lipinski definition) is 1. The van der Waals surface area contributed by atoms with E-state index in [1.165, 1.54) is 28.5 Å². The molecule has 1 saturated heterocycles. The first-order valence-electron chi connectivity index (χ1n) is 6.99. The molecule has 0 spiro atoms. The Morgan fingerprint density at radius 1 is 1.45 bits per heavy atom. The minimum Gasteiger partial charge on any atom is -0.376 e. The minimum absolute atomic E-state index is 0.0329. The van der Waals surface area contributed by atoms with E-state index in [9.17, 15) is 8.42 Å². The molecule has 0 aromatic carbocycles. The first-order chi connectivity index (χ1) is 9.55. The van der Waals surface area contributed by atoms with Crippen LogP contribution in [0.2, 0.25) is 0 Å². The number of hydrogen-bond acceptors (Lipinski definition) is 5. The van der Waals surface area contributed by atoms with Crippen molar-refractivity contribution in [2.75, 3.05) is 19.7 Å². The van der Waals surface area contributed by atoms with Crippen molar-refractivity contribution in [1.29, 1.82) is 0 Å². The molecule has 2 fully saturated rings. The van der Waals surface area contributed by atoms with Crippen LogP contribution in [-0.4, -0.2) is 44.6 Å². The highest BCUT2D eigenvalue weighted by Crippen LogP contribution is 2.27. The Balaban J connectivity index is 1.69. The van der Waals surface area contributed by atoms with E-state index in [4.69, 9.17) is 4.74 Å². The number of ether oxygens (including phenoxy) is 1. The van der Waals surface area contributed by atoms with Crippen LogP contribution in [0, 0.1) is 0 Å². The molecule has 3 rings (SSSR count). The molecule has 7 heteroatoms. The normalized spacial score (nSPS) is 24.9. The summed E-state index contributed by atoms with van der Waals surface area (Å²) in [6, 6.07) is 4.28. The molecule has 0 radical (unpaired) electrons. The summed E-state index contributed by atoms with van der Waals surface area (Å²) in [5.41, 5.74) is 0. The molecule has 1 aromatic heterocycles. The van der Waals surface area contributed by atoms with Crippen LogP contribution >= 0.6 is 11.3 Å². The van der Waals surface area contributed by atoms with E-state index >= 15 is 0 Å². The Hall–Kier alpha value is -0.470. The van der Waals surface area contributed by atoms with Gasteiger partial charge in [-0.1, -0.05) is 0 Å². The zero-order valence-corrected chi connectivity index (χ0v) is 13.2. The summed E-state index contributed by atoms with van der Waals surface area (Å²) in [7, 11) is -3.35. The van der Waals surface area contributed by atoms with Crippen LogP contribution < -0.4 is 5.32 Å². The van der Waals surface area contributed by atoms with Crippen molar-refractivity contribution in [1.82, 2.24) is 9.62 Å². The maximum Gasteiger partial charge on any atom is 0.252 e. The number of thiophene rings is 1.